The summed E-state index contributed by atoms with van der Waals surface area (Å²) in [7, 11) is 0. The molecule has 1 N–H and O–H groups in total. The third kappa shape index (κ3) is 3.96. The van der Waals surface area contributed by atoms with Crippen molar-refractivity contribution in [2.75, 3.05) is 11.9 Å². The van der Waals surface area contributed by atoms with Crippen molar-refractivity contribution in [3.05, 3.63) is 33.9 Å². The fourth-order valence-electron chi connectivity index (χ4n) is 3.70. The first-order valence-electron chi connectivity index (χ1n) is 7.91. The molecule has 0 unspecified atom stereocenters. The standard InChI is InChI=1S/C17H26N2O2/c1-13(2)11-17(8-4-5-9-17)12-18-15-6-7-16(19(20)21)14(3)10-15/h6-7,10,13,18H,4-5,8-9,11-12H2,1-3H3. The molecule has 0 spiro atoms. The average Bonchev–Trinajstić information content (AvgIpc) is 2.84. The summed E-state index contributed by atoms with van der Waals surface area (Å²) in [6.07, 6.45) is 6.50. The zero-order valence-electron chi connectivity index (χ0n) is 13.3. The Balaban J connectivity index is 2.04. The van der Waals surface area contributed by atoms with Gasteiger partial charge in [-0.1, -0.05) is 26.7 Å². The van der Waals surface area contributed by atoms with Crippen molar-refractivity contribution in [1.29, 1.82) is 0 Å². The summed E-state index contributed by atoms with van der Waals surface area (Å²) < 4.78 is 0. The molecule has 1 aromatic rings. The zero-order valence-corrected chi connectivity index (χ0v) is 13.3. The number of anilines is 1. The van der Waals surface area contributed by atoms with Crippen molar-refractivity contribution >= 4 is 11.4 Å². The molecule has 1 aliphatic carbocycles. The maximum Gasteiger partial charge on any atom is 0.272 e. The van der Waals surface area contributed by atoms with Crippen LogP contribution in [0.25, 0.3) is 0 Å². The summed E-state index contributed by atoms with van der Waals surface area (Å²) in [5, 5.41) is 14.4. The average molecular weight is 290 g/mol. The maximum absolute atomic E-state index is 10.9. The van der Waals surface area contributed by atoms with Crippen LogP contribution in [0.1, 0.15) is 51.5 Å². The Morgan fingerprint density at radius 1 is 1.33 bits per heavy atom. The van der Waals surface area contributed by atoms with E-state index in [0.717, 1.165) is 12.2 Å². The molecule has 0 bridgehead atoms. The van der Waals surface area contributed by atoms with Gasteiger partial charge >= 0.3 is 0 Å². The molecule has 1 aliphatic rings. The monoisotopic (exact) mass is 290 g/mol. The molecular weight excluding hydrogens is 264 g/mol. The Morgan fingerprint density at radius 2 is 2.00 bits per heavy atom. The molecule has 0 saturated heterocycles. The van der Waals surface area contributed by atoms with Gasteiger partial charge in [-0.2, -0.15) is 0 Å². The van der Waals surface area contributed by atoms with Gasteiger partial charge in [-0.3, -0.25) is 10.1 Å². The van der Waals surface area contributed by atoms with Gasteiger partial charge in [0.2, 0.25) is 0 Å². The van der Waals surface area contributed by atoms with Gasteiger partial charge in [0.05, 0.1) is 4.92 Å². The van der Waals surface area contributed by atoms with Crippen LogP contribution in [-0.2, 0) is 0 Å². The Kier molecular flexibility index (Phi) is 4.86. The summed E-state index contributed by atoms with van der Waals surface area (Å²) >= 11 is 0. The second kappa shape index (κ2) is 6.46. The van der Waals surface area contributed by atoms with Crippen LogP contribution in [0.4, 0.5) is 11.4 Å². The molecule has 4 heteroatoms. The molecule has 0 radical (unpaired) electrons. The van der Waals surface area contributed by atoms with E-state index in [4.69, 9.17) is 0 Å². The van der Waals surface area contributed by atoms with Crippen molar-refractivity contribution < 1.29 is 4.92 Å². The lowest BCUT2D eigenvalue weighted by atomic mass is 9.78. The van der Waals surface area contributed by atoms with Crippen molar-refractivity contribution in [1.82, 2.24) is 0 Å². The Labute approximate surface area is 127 Å². The second-order valence-corrected chi connectivity index (χ2v) is 6.92. The molecule has 0 aliphatic heterocycles. The first-order valence-corrected chi connectivity index (χ1v) is 7.91. The first kappa shape index (κ1) is 15.8. The molecule has 0 amide bonds. The second-order valence-electron chi connectivity index (χ2n) is 6.92. The van der Waals surface area contributed by atoms with Crippen LogP contribution in [0.5, 0.6) is 0 Å². The summed E-state index contributed by atoms with van der Waals surface area (Å²) in [5.41, 5.74) is 2.31. The SMILES string of the molecule is Cc1cc(NCC2(CC(C)C)CCCC2)ccc1[N+](=O)[O-]. The Morgan fingerprint density at radius 3 is 2.52 bits per heavy atom. The highest BCUT2D eigenvalue weighted by Crippen LogP contribution is 2.43. The van der Waals surface area contributed by atoms with Crippen LogP contribution in [0.2, 0.25) is 0 Å². The molecule has 4 nitrogen and oxygen atoms in total. The summed E-state index contributed by atoms with van der Waals surface area (Å²) in [6, 6.07) is 5.31. The van der Waals surface area contributed by atoms with E-state index in [2.05, 4.69) is 19.2 Å². The number of hydrogen-bond acceptors (Lipinski definition) is 3. The van der Waals surface area contributed by atoms with E-state index in [1.165, 1.54) is 32.1 Å². The molecule has 0 atom stereocenters. The quantitative estimate of drug-likeness (QED) is 0.597. The van der Waals surface area contributed by atoms with E-state index in [0.29, 0.717) is 16.9 Å². The molecule has 2 rings (SSSR count). The van der Waals surface area contributed by atoms with Crippen molar-refractivity contribution in [3.8, 4) is 0 Å². The maximum atomic E-state index is 10.9. The van der Waals surface area contributed by atoms with Crippen LogP contribution >= 0.6 is 0 Å². The van der Waals surface area contributed by atoms with E-state index in [1.807, 2.05) is 12.1 Å². The molecule has 116 valence electrons. The molecular formula is C17H26N2O2. The third-order valence-electron chi connectivity index (χ3n) is 4.57. The normalized spacial score (nSPS) is 17.1. The minimum Gasteiger partial charge on any atom is -0.384 e. The first-order chi connectivity index (χ1) is 9.92. The molecule has 1 saturated carbocycles. The van der Waals surface area contributed by atoms with Crippen LogP contribution in [0.15, 0.2) is 18.2 Å². The van der Waals surface area contributed by atoms with E-state index in [-0.39, 0.29) is 10.6 Å². The van der Waals surface area contributed by atoms with Gasteiger partial charge in [-0.15, -0.1) is 0 Å². The van der Waals surface area contributed by atoms with Crippen LogP contribution in [0, 0.1) is 28.4 Å². The van der Waals surface area contributed by atoms with Crippen LogP contribution < -0.4 is 5.32 Å². The van der Waals surface area contributed by atoms with Gasteiger partial charge in [-0.25, -0.2) is 0 Å². The van der Waals surface area contributed by atoms with Crippen molar-refractivity contribution in [2.45, 2.75) is 52.9 Å². The predicted octanol–water partition coefficient (Wildman–Crippen LogP) is 4.92. The van der Waals surface area contributed by atoms with Gasteiger partial charge in [0, 0.05) is 23.9 Å². The van der Waals surface area contributed by atoms with Crippen molar-refractivity contribution in [2.24, 2.45) is 11.3 Å². The molecule has 21 heavy (non-hydrogen) atoms. The number of aryl methyl sites for hydroxylation is 1. The van der Waals surface area contributed by atoms with Gasteiger partial charge in [0.1, 0.15) is 0 Å². The van der Waals surface area contributed by atoms with Crippen molar-refractivity contribution in [3.63, 3.8) is 0 Å². The topological polar surface area (TPSA) is 55.2 Å². The number of nitrogens with zero attached hydrogens (tertiary/aromatic N) is 1. The van der Waals surface area contributed by atoms with E-state index in [9.17, 15) is 10.1 Å². The van der Waals surface area contributed by atoms with E-state index < -0.39 is 0 Å². The molecule has 0 heterocycles. The highest BCUT2D eigenvalue weighted by molar-refractivity contribution is 5.53. The lowest BCUT2D eigenvalue weighted by Gasteiger charge is -2.31. The third-order valence-corrected chi connectivity index (χ3v) is 4.57. The highest BCUT2D eigenvalue weighted by atomic mass is 16.6. The molecule has 1 fully saturated rings. The lowest BCUT2D eigenvalue weighted by Crippen LogP contribution is -2.28. The van der Waals surface area contributed by atoms with E-state index >= 15 is 0 Å². The minimum atomic E-state index is -0.323. The number of rotatable bonds is 6. The van der Waals surface area contributed by atoms with Gasteiger partial charge < -0.3 is 5.32 Å². The Hall–Kier alpha value is -1.58. The number of nitro benzene ring substituents is 1. The van der Waals surface area contributed by atoms with Gasteiger partial charge in [0.15, 0.2) is 0 Å². The predicted molar refractivity (Wildman–Crippen MR) is 86.7 cm³/mol. The zero-order chi connectivity index (χ0) is 15.5. The summed E-state index contributed by atoms with van der Waals surface area (Å²) in [5.74, 6) is 0.712. The molecule has 1 aromatic carbocycles. The smallest absolute Gasteiger partial charge is 0.272 e. The van der Waals surface area contributed by atoms with Crippen LogP contribution in [-0.4, -0.2) is 11.5 Å². The molecule has 0 aromatic heterocycles. The van der Waals surface area contributed by atoms with Gasteiger partial charge in [0.25, 0.3) is 5.69 Å². The largest absolute Gasteiger partial charge is 0.384 e. The highest BCUT2D eigenvalue weighted by Gasteiger charge is 2.34. The number of hydrogen-bond donors (Lipinski definition) is 1. The number of nitro groups is 1. The number of benzene rings is 1. The fraction of sp³-hybridized carbons (Fsp3) is 0.647. The fourth-order valence-corrected chi connectivity index (χ4v) is 3.70. The van der Waals surface area contributed by atoms with Gasteiger partial charge in [-0.05, 0) is 49.7 Å². The van der Waals surface area contributed by atoms with Crippen LogP contribution in [0.3, 0.4) is 0 Å². The lowest BCUT2D eigenvalue weighted by molar-refractivity contribution is -0.385. The Bertz CT molecular complexity index is 506. The minimum absolute atomic E-state index is 0.193. The summed E-state index contributed by atoms with van der Waals surface area (Å²) in [6.45, 7) is 7.34. The summed E-state index contributed by atoms with van der Waals surface area (Å²) in [4.78, 5) is 10.5. The van der Waals surface area contributed by atoms with E-state index in [1.54, 1.807) is 13.0 Å². The number of nitrogens with one attached hydrogen (secondary N) is 1.